The normalized spacial score (nSPS) is 18.1. The summed E-state index contributed by atoms with van der Waals surface area (Å²) in [6.07, 6.45) is 4.04. The summed E-state index contributed by atoms with van der Waals surface area (Å²) in [5.41, 5.74) is 1.99. The molecule has 3 heteroatoms. The van der Waals surface area contributed by atoms with Crippen LogP contribution in [-0.4, -0.2) is 18.9 Å². The highest BCUT2D eigenvalue weighted by Crippen LogP contribution is 2.26. The fraction of sp³-hybridized carbons (Fsp3) is 0.562. The van der Waals surface area contributed by atoms with Gasteiger partial charge in [-0.25, -0.2) is 4.39 Å². The van der Waals surface area contributed by atoms with Gasteiger partial charge in [0.15, 0.2) is 0 Å². The highest BCUT2D eigenvalue weighted by molar-refractivity contribution is 5.58. The van der Waals surface area contributed by atoms with Gasteiger partial charge in [0, 0.05) is 7.11 Å². The number of halogens is 1. The molecular weight excluding hydrogens is 241 g/mol. The van der Waals surface area contributed by atoms with Crippen LogP contribution in [0.3, 0.4) is 0 Å². The first-order valence-corrected chi connectivity index (χ1v) is 6.69. The molecule has 1 aromatic carbocycles. The maximum absolute atomic E-state index is 13.3. The van der Waals surface area contributed by atoms with E-state index in [-0.39, 0.29) is 17.3 Å². The third kappa shape index (κ3) is 5.11. The van der Waals surface area contributed by atoms with Crippen LogP contribution in [-0.2, 0) is 17.6 Å². The first-order chi connectivity index (χ1) is 8.87. The zero-order valence-electron chi connectivity index (χ0n) is 12.3. The number of hydrogen-bond donors (Lipinski definition) is 1. The van der Waals surface area contributed by atoms with Gasteiger partial charge in [0.1, 0.15) is 5.82 Å². The maximum atomic E-state index is 13.3. The first kappa shape index (κ1) is 15.8. The monoisotopic (exact) mass is 265 g/mol. The Kier molecular flexibility index (Phi) is 5.67. The molecule has 0 heterocycles. The van der Waals surface area contributed by atoms with Gasteiger partial charge in [-0.3, -0.25) is 0 Å². The molecule has 2 rings (SSSR count). The van der Waals surface area contributed by atoms with Crippen LogP contribution in [0.25, 0.3) is 0 Å². The van der Waals surface area contributed by atoms with Crippen LogP contribution in [0.2, 0.25) is 0 Å². The smallest absolute Gasteiger partial charge is 0.126 e. The van der Waals surface area contributed by atoms with Crippen molar-refractivity contribution < 1.29 is 9.13 Å². The van der Waals surface area contributed by atoms with Gasteiger partial charge < -0.3 is 10.1 Å². The van der Waals surface area contributed by atoms with Gasteiger partial charge in [0.25, 0.3) is 0 Å². The lowest BCUT2D eigenvalue weighted by Crippen LogP contribution is -2.16. The molecule has 0 saturated carbocycles. The lowest BCUT2D eigenvalue weighted by Gasteiger charge is -2.21. The molecule has 1 aliphatic rings. The number of hydrogen-bond acceptors (Lipinski definition) is 2. The Labute approximate surface area is 115 Å². The van der Waals surface area contributed by atoms with Crippen molar-refractivity contribution in [3.8, 4) is 0 Å². The van der Waals surface area contributed by atoms with Gasteiger partial charge >= 0.3 is 0 Å². The van der Waals surface area contributed by atoms with Crippen molar-refractivity contribution >= 4 is 6.21 Å². The molecule has 19 heavy (non-hydrogen) atoms. The largest absolute Gasteiger partial charge is 0.379 e. The summed E-state index contributed by atoms with van der Waals surface area (Å²) in [5.74, 6) is 0.133. The van der Waals surface area contributed by atoms with Crippen molar-refractivity contribution in [2.45, 2.75) is 45.6 Å². The summed E-state index contributed by atoms with van der Waals surface area (Å²) in [6, 6.07) is 5.25. The molecule has 0 amide bonds. The van der Waals surface area contributed by atoms with Crippen molar-refractivity contribution in [3.63, 3.8) is 0 Å². The van der Waals surface area contributed by atoms with E-state index >= 15 is 0 Å². The molecule has 2 nitrogen and oxygen atoms in total. The molecular formula is C16H24FNO. The third-order valence-electron chi connectivity index (χ3n) is 3.31. The van der Waals surface area contributed by atoms with Gasteiger partial charge in [0.2, 0.25) is 0 Å². The Hall–Kier alpha value is -1.22. The number of ether oxygens (including phenoxy) is 1. The topological polar surface area (TPSA) is 33.1 Å². The summed E-state index contributed by atoms with van der Waals surface area (Å²) in [5, 5.41) is 7.16. The van der Waals surface area contributed by atoms with E-state index in [4.69, 9.17) is 10.1 Å². The molecule has 0 fully saturated rings. The summed E-state index contributed by atoms with van der Waals surface area (Å²) < 4.78 is 18.2. The molecule has 0 saturated heterocycles. The molecule has 0 aromatic heterocycles. The molecule has 0 spiro atoms. The lowest BCUT2D eigenvalue weighted by atomic mass is 9.84. The third-order valence-corrected chi connectivity index (χ3v) is 3.31. The average molecular weight is 265 g/mol. The standard InChI is InChI=1S/C11H12FN.C5H12O/c12-11-3-1-2-9-5-4-8(7-13)6-10(9)11;1-5(2,3)6-4/h1-3,7-8,13H,4-6H2;1-4H3. The maximum Gasteiger partial charge on any atom is 0.126 e. The molecule has 0 radical (unpaired) electrons. The van der Waals surface area contributed by atoms with Crippen LogP contribution in [0, 0.1) is 17.1 Å². The predicted octanol–water partition coefficient (Wildman–Crippen LogP) is 4.01. The second kappa shape index (κ2) is 6.80. The van der Waals surface area contributed by atoms with Crippen LogP contribution >= 0.6 is 0 Å². The van der Waals surface area contributed by atoms with E-state index < -0.39 is 0 Å². The number of benzene rings is 1. The summed E-state index contributed by atoms with van der Waals surface area (Å²) >= 11 is 0. The summed E-state index contributed by atoms with van der Waals surface area (Å²) in [6.45, 7) is 6.06. The number of methoxy groups -OCH3 is 1. The fourth-order valence-corrected chi connectivity index (χ4v) is 1.91. The van der Waals surface area contributed by atoms with Crippen molar-refractivity contribution in [1.29, 1.82) is 5.41 Å². The van der Waals surface area contributed by atoms with Crippen molar-refractivity contribution in [2.75, 3.05) is 7.11 Å². The van der Waals surface area contributed by atoms with E-state index in [0.29, 0.717) is 6.42 Å². The number of nitrogens with one attached hydrogen (secondary N) is 1. The van der Waals surface area contributed by atoms with Crippen LogP contribution in [0.5, 0.6) is 0 Å². The second-order valence-corrected chi connectivity index (χ2v) is 5.86. The Morgan fingerprint density at radius 1 is 1.37 bits per heavy atom. The zero-order chi connectivity index (χ0) is 14.5. The van der Waals surface area contributed by atoms with Gasteiger partial charge in [0.05, 0.1) is 5.60 Å². The highest BCUT2D eigenvalue weighted by atomic mass is 19.1. The minimum atomic E-state index is -0.107. The predicted molar refractivity (Wildman–Crippen MR) is 77.5 cm³/mol. The Morgan fingerprint density at radius 2 is 2.00 bits per heavy atom. The van der Waals surface area contributed by atoms with E-state index in [2.05, 4.69) is 0 Å². The highest BCUT2D eigenvalue weighted by Gasteiger charge is 2.19. The van der Waals surface area contributed by atoms with E-state index in [9.17, 15) is 4.39 Å². The fourth-order valence-electron chi connectivity index (χ4n) is 1.91. The van der Waals surface area contributed by atoms with Gasteiger partial charge in [-0.15, -0.1) is 0 Å². The van der Waals surface area contributed by atoms with Crippen LogP contribution in [0.1, 0.15) is 38.3 Å². The average Bonchev–Trinajstić information content (AvgIpc) is 2.39. The summed E-state index contributed by atoms with van der Waals surface area (Å²) in [7, 11) is 1.71. The van der Waals surface area contributed by atoms with Crippen LogP contribution < -0.4 is 0 Å². The van der Waals surface area contributed by atoms with Crippen molar-refractivity contribution in [1.82, 2.24) is 0 Å². The van der Waals surface area contributed by atoms with E-state index in [1.807, 2.05) is 26.8 Å². The minimum Gasteiger partial charge on any atom is -0.379 e. The van der Waals surface area contributed by atoms with E-state index in [0.717, 1.165) is 24.0 Å². The molecule has 0 bridgehead atoms. The molecule has 1 aromatic rings. The molecule has 1 aliphatic carbocycles. The molecule has 1 N–H and O–H groups in total. The van der Waals surface area contributed by atoms with Crippen LogP contribution in [0.4, 0.5) is 4.39 Å². The Bertz CT molecular complexity index is 423. The number of fused-ring (bicyclic) bond motifs is 1. The number of rotatable bonds is 1. The Morgan fingerprint density at radius 3 is 2.53 bits per heavy atom. The van der Waals surface area contributed by atoms with Crippen molar-refractivity contribution in [2.24, 2.45) is 5.92 Å². The minimum absolute atomic E-state index is 0.0417. The lowest BCUT2D eigenvalue weighted by molar-refractivity contribution is 0.0397. The van der Waals surface area contributed by atoms with Gasteiger partial charge in [-0.2, -0.15) is 0 Å². The zero-order valence-corrected chi connectivity index (χ0v) is 12.3. The van der Waals surface area contributed by atoms with E-state index in [1.165, 1.54) is 12.3 Å². The van der Waals surface area contributed by atoms with Crippen LogP contribution in [0.15, 0.2) is 18.2 Å². The first-order valence-electron chi connectivity index (χ1n) is 6.69. The SMILES string of the molecule is COC(C)(C)C.N=CC1CCc2cccc(F)c2C1. The number of aryl methyl sites for hydroxylation is 1. The molecule has 1 atom stereocenters. The Balaban J connectivity index is 0.000000258. The van der Waals surface area contributed by atoms with Gasteiger partial charge in [-0.05, 0) is 69.4 Å². The second-order valence-electron chi connectivity index (χ2n) is 5.86. The van der Waals surface area contributed by atoms with Gasteiger partial charge in [-0.1, -0.05) is 12.1 Å². The molecule has 106 valence electrons. The molecule has 1 unspecified atom stereocenters. The van der Waals surface area contributed by atoms with E-state index in [1.54, 1.807) is 13.2 Å². The molecule has 0 aliphatic heterocycles. The quantitative estimate of drug-likeness (QED) is 0.765. The summed E-state index contributed by atoms with van der Waals surface area (Å²) in [4.78, 5) is 0. The van der Waals surface area contributed by atoms with Crippen molar-refractivity contribution in [3.05, 3.63) is 35.1 Å².